The van der Waals surface area contributed by atoms with Crippen molar-refractivity contribution in [2.45, 2.75) is 46.6 Å². The SMILES string of the molecule is CC(=O)CC(C)(C(C)=O)N1C(=O)c2ccc(C)c(C)c2C1=O. The van der Waals surface area contributed by atoms with Crippen LogP contribution in [0, 0.1) is 13.8 Å². The van der Waals surface area contributed by atoms with Crippen LogP contribution in [0.15, 0.2) is 12.1 Å². The summed E-state index contributed by atoms with van der Waals surface area (Å²) in [4.78, 5) is 50.0. The second kappa shape index (κ2) is 5.16. The number of carbonyl (C=O) groups is 4. The number of ketones is 2. The monoisotopic (exact) mass is 301 g/mol. The molecule has 0 saturated heterocycles. The maximum absolute atomic E-state index is 12.8. The van der Waals surface area contributed by atoms with Crippen molar-refractivity contribution >= 4 is 23.4 Å². The molecule has 1 aromatic carbocycles. The van der Waals surface area contributed by atoms with Crippen LogP contribution in [0.5, 0.6) is 0 Å². The first-order valence-electron chi connectivity index (χ1n) is 7.11. The zero-order chi connectivity index (χ0) is 16.8. The number of imide groups is 1. The third-order valence-corrected chi connectivity index (χ3v) is 4.43. The predicted octanol–water partition coefficient (Wildman–Crippen LogP) is 2.23. The van der Waals surface area contributed by atoms with Gasteiger partial charge in [0.05, 0.1) is 11.1 Å². The van der Waals surface area contributed by atoms with Gasteiger partial charge in [-0.1, -0.05) is 6.07 Å². The van der Waals surface area contributed by atoms with Crippen LogP contribution in [-0.4, -0.2) is 33.8 Å². The van der Waals surface area contributed by atoms with Crippen molar-refractivity contribution < 1.29 is 19.2 Å². The van der Waals surface area contributed by atoms with E-state index < -0.39 is 17.4 Å². The van der Waals surface area contributed by atoms with Crippen molar-refractivity contribution in [1.29, 1.82) is 0 Å². The number of carbonyl (C=O) groups excluding carboxylic acids is 4. The molecule has 0 radical (unpaired) electrons. The molecule has 5 heteroatoms. The second-order valence-corrected chi connectivity index (χ2v) is 6.08. The normalized spacial score (nSPS) is 16.5. The number of Topliss-reactive ketones (excluding diaryl/α,β-unsaturated/α-hetero) is 2. The summed E-state index contributed by atoms with van der Waals surface area (Å²) in [6.07, 6.45) is -0.175. The average Bonchev–Trinajstić information content (AvgIpc) is 2.65. The third-order valence-electron chi connectivity index (χ3n) is 4.43. The van der Waals surface area contributed by atoms with Crippen LogP contribution >= 0.6 is 0 Å². The van der Waals surface area contributed by atoms with Crippen molar-refractivity contribution in [3.05, 3.63) is 34.4 Å². The average molecular weight is 301 g/mol. The molecular weight excluding hydrogens is 282 g/mol. The summed E-state index contributed by atoms with van der Waals surface area (Å²) in [5.41, 5.74) is 0.814. The van der Waals surface area contributed by atoms with Gasteiger partial charge in [0.25, 0.3) is 11.8 Å². The van der Waals surface area contributed by atoms with Crippen LogP contribution in [0.25, 0.3) is 0 Å². The molecule has 1 aliphatic heterocycles. The third kappa shape index (κ3) is 2.17. The topological polar surface area (TPSA) is 71.5 Å². The first-order valence-corrected chi connectivity index (χ1v) is 7.11. The smallest absolute Gasteiger partial charge is 0.262 e. The van der Waals surface area contributed by atoms with Crippen LogP contribution in [0.3, 0.4) is 0 Å². The Morgan fingerprint density at radius 3 is 2.18 bits per heavy atom. The van der Waals surface area contributed by atoms with Crippen molar-refractivity contribution in [1.82, 2.24) is 4.90 Å². The summed E-state index contributed by atoms with van der Waals surface area (Å²) in [6, 6.07) is 3.38. The number of rotatable bonds is 4. The Bertz CT molecular complexity index is 720. The molecule has 0 saturated carbocycles. The number of nitrogens with zero attached hydrogens (tertiary/aromatic N) is 1. The Morgan fingerprint density at radius 2 is 1.68 bits per heavy atom. The predicted molar refractivity (Wildman–Crippen MR) is 80.8 cm³/mol. The summed E-state index contributed by atoms with van der Waals surface area (Å²) in [5.74, 6) is -1.64. The summed E-state index contributed by atoms with van der Waals surface area (Å²) in [5, 5.41) is 0. The zero-order valence-corrected chi connectivity index (χ0v) is 13.4. The van der Waals surface area contributed by atoms with Crippen molar-refractivity contribution in [3.63, 3.8) is 0 Å². The van der Waals surface area contributed by atoms with Gasteiger partial charge < -0.3 is 0 Å². The molecule has 1 atom stereocenters. The van der Waals surface area contributed by atoms with Crippen LogP contribution in [0.4, 0.5) is 0 Å². The van der Waals surface area contributed by atoms with Gasteiger partial charge in [0, 0.05) is 6.42 Å². The van der Waals surface area contributed by atoms with Gasteiger partial charge in [-0.05, 0) is 51.8 Å². The molecule has 2 rings (SSSR count). The van der Waals surface area contributed by atoms with Crippen LogP contribution in [0.2, 0.25) is 0 Å². The molecule has 1 aromatic rings. The Kier molecular flexibility index (Phi) is 3.77. The van der Waals surface area contributed by atoms with E-state index in [-0.39, 0.29) is 18.0 Å². The zero-order valence-electron chi connectivity index (χ0n) is 13.4. The number of hydrogen-bond acceptors (Lipinski definition) is 4. The molecule has 0 spiro atoms. The molecule has 5 nitrogen and oxygen atoms in total. The van der Waals surface area contributed by atoms with Crippen LogP contribution in [0.1, 0.15) is 59.0 Å². The number of aryl methyl sites for hydroxylation is 1. The lowest BCUT2D eigenvalue weighted by Gasteiger charge is -2.34. The molecule has 0 N–H and O–H groups in total. The molecule has 0 aliphatic carbocycles. The fraction of sp³-hybridized carbons (Fsp3) is 0.412. The molecule has 0 aromatic heterocycles. The maximum atomic E-state index is 12.8. The van der Waals surface area contributed by atoms with E-state index in [1.165, 1.54) is 20.8 Å². The van der Waals surface area contributed by atoms with Crippen molar-refractivity contribution in [2.75, 3.05) is 0 Å². The van der Waals surface area contributed by atoms with Gasteiger partial charge in [-0.25, -0.2) is 0 Å². The lowest BCUT2D eigenvalue weighted by molar-refractivity contribution is -0.130. The Morgan fingerprint density at radius 1 is 1.09 bits per heavy atom. The van der Waals surface area contributed by atoms with Gasteiger partial charge in [0.15, 0.2) is 5.78 Å². The standard InChI is InChI=1S/C17H19NO4/c1-9-6-7-13-14(11(9)3)16(22)18(15(13)21)17(5,12(4)20)8-10(2)19/h6-7H,8H2,1-5H3. The first-order chi connectivity index (χ1) is 10.1. The minimum atomic E-state index is -1.45. The van der Waals surface area contributed by atoms with E-state index in [1.54, 1.807) is 19.1 Å². The highest BCUT2D eigenvalue weighted by Gasteiger charge is 2.50. The quantitative estimate of drug-likeness (QED) is 0.799. The van der Waals surface area contributed by atoms with Gasteiger partial charge in [0.1, 0.15) is 11.3 Å². The summed E-state index contributed by atoms with van der Waals surface area (Å²) < 4.78 is 0. The fourth-order valence-electron chi connectivity index (χ4n) is 2.89. The Hall–Kier alpha value is -2.30. The fourth-order valence-corrected chi connectivity index (χ4v) is 2.89. The molecule has 1 unspecified atom stereocenters. The van der Waals surface area contributed by atoms with Gasteiger partial charge in [-0.3, -0.25) is 24.1 Å². The number of amides is 2. The molecule has 116 valence electrons. The molecule has 1 heterocycles. The van der Waals surface area contributed by atoms with E-state index in [0.29, 0.717) is 11.1 Å². The van der Waals surface area contributed by atoms with Gasteiger partial charge in [-0.15, -0.1) is 0 Å². The molecule has 1 aliphatic rings. The minimum Gasteiger partial charge on any atom is -0.300 e. The minimum absolute atomic E-state index is 0.175. The van der Waals surface area contributed by atoms with Crippen molar-refractivity contribution in [3.8, 4) is 0 Å². The van der Waals surface area contributed by atoms with E-state index in [2.05, 4.69) is 0 Å². The van der Waals surface area contributed by atoms with E-state index in [4.69, 9.17) is 0 Å². The van der Waals surface area contributed by atoms with Gasteiger partial charge >= 0.3 is 0 Å². The van der Waals surface area contributed by atoms with Crippen molar-refractivity contribution in [2.24, 2.45) is 0 Å². The van der Waals surface area contributed by atoms with E-state index in [9.17, 15) is 19.2 Å². The van der Waals surface area contributed by atoms with E-state index in [1.807, 2.05) is 6.92 Å². The summed E-state index contributed by atoms with van der Waals surface area (Å²) in [7, 11) is 0. The van der Waals surface area contributed by atoms with Gasteiger partial charge in [0.2, 0.25) is 0 Å². The lowest BCUT2D eigenvalue weighted by atomic mass is 9.89. The van der Waals surface area contributed by atoms with Crippen LogP contribution in [-0.2, 0) is 9.59 Å². The largest absolute Gasteiger partial charge is 0.300 e. The highest BCUT2D eigenvalue weighted by Crippen LogP contribution is 2.34. The first kappa shape index (κ1) is 16.1. The summed E-state index contributed by atoms with van der Waals surface area (Å²) >= 11 is 0. The Balaban J connectivity index is 2.62. The molecule has 0 bridgehead atoms. The summed E-state index contributed by atoms with van der Waals surface area (Å²) in [6.45, 7) is 7.74. The van der Waals surface area contributed by atoms with E-state index in [0.717, 1.165) is 16.0 Å². The molecule has 22 heavy (non-hydrogen) atoms. The molecule has 0 fully saturated rings. The molecule has 2 amide bonds. The van der Waals surface area contributed by atoms with Gasteiger partial charge in [-0.2, -0.15) is 0 Å². The highest BCUT2D eigenvalue weighted by atomic mass is 16.2. The maximum Gasteiger partial charge on any atom is 0.262 e. The van der Waals surface area contributed by atoms with E-state index >= 15 is 0 Å². The number of fused-ring (bicyclic) bond motifs is 1. The Labute approximate surface area is 129 Å². The highest BCUT2D eigenvalue weighted by molar-refractivity contribution is 6.24. The number of benzene rings is 1. The van der Waals surface area contributed by atoms with Crippen LogP contribution < -0.4 is 0 Å². The second-order valence-electron chi connectivity index (χ2n) is 6.08. The molecular formula is C17H19NO4. The number of hydrogen-bond donors (Lipinski definition) is 0. The lowest BCUT2D eigenvalue weighted by Crippen LogP contribution is -2.55.